The zero-order valence-corrected chi connectivity index (χ0v) is 8.98. The molecule has 1 aromatic heterocycles. The molecule has 0 spiro atoms. The minimum atomic E-state index is -0.848. The van der Waals surface area contributed by atoms with Crippen molar-refractivity contribution in [1.82, 2.24) is 15.3 Å². The third kappa shape index (κ3) is 3.31. The summed E-state index contributed by atoms with van der Waals surface area (Å²) in [6.07, 6.45) is 3.64. The Morgan fingerprint density at radius 2 is 2.62 bits per heavy atom. The number of hydrogen-bond donors (Lipinski definition) is 3. The van der Waals surface area contributed by atoms with E-state index in [1.165, 1.54) is 6.33 Å². The van der Waals surface area contributed by atoms with E-state index in [4.69, 9.17) is 5.11 Å². The Kier molecular flexibility index (Phi) is 4.16. The lowest BCUT2D eigenvalue weighted by Crippen LogP contribution is -2.37. The molecule has 0 bridgehead atoms. The number of aromatic amines is 1. The van der Waals surface area contributed by atoms with Crippen LogP contribution in [0.3, 0.4) is 0 Å². The maximum atomic E-state index is 10.7. The van der Waals surface area contributed by atoms with Crippen LogP contribution in [0.2, 0.25) is 0 Å². The van der Waals surface area contributed by atoms with Gasteiger partial charge in [0.15, 0.2) is 0 Å². The van der Waals surface area contributed by atoms with Crippen LogP contribution in [0, 0.1) is 0 Å². The van der Waals surface area contributed by atoms with Gasteiger partial charge >= 0.3 is 5.97 Å². The summed E-state index contributed by atoms with van der Waals surface area (Å²) in [5.41, 5.74) is 0.754. The van der Waals surface area contributed by atoms with E-state index in [1.54, 1.807) is 6.20 Å². The Morgan fingerprint density at radius 1 is 1.85 bits per heavy atom. The molecular weight excluding hydrogens is 285 g/mol. The van der Waals surface area contributed by atoms with E-state index in [1.807, 2.05) is 0 Å². The molecule has 1 aromatic rings. The van der Waals surface area contributed by atoms with Crippen LogP contribution < -0.4 is 5.32 Å². The number of aromatic nitrogens is 2. The largest absolute Gasteiger partial charge is 0.480 e. The molecule has 6 heteroatoms. The van der Waals surface area contributed by atoms with Gasteiger partial charge in [-0.05, 0) is 0 Å². The van der Waals surface area contributed by atoms with Crippen molar-refractivity contribution in [1.29, 1.82) is 0 Å². The lowest BCUT2D eigenvalue weighted by Gasteiger charge is -2.10. The number of H-pyrrole nitrogens is 1. The second-order valence-corrected chi connectivity index (χ2v) is 3.26. The third-order valence-electron chi connectivity index (χ3n) is 1.59. The Balaban J connectivity index is 2.52. The minimum Gasteiger partial charge on any atom is -0.480 e. The molecule has 0 aromatic carbocycles. The first kappa shape index (κ1) is 10.5. The smallest absolute Gasteiger partial charge is 0.321 e. The normalized spacial score (nSPS) is 12.7. The molecule has 13 heavy (non-hydrogen) atoms. The van der Waals surface area contributed by atoms with Crippen LogP contribution in [0.4, 0.5) is 0 Å². The number of alkyl halides is 1. The van der Waals surface area contributed by atoms with Gasteiger partial charge in [0, 0.05) is 17.2 Å². The molecule has 3 N–H and O–H groups in total. The van der Waals surface area contributed by atoms with E-state index < -0.39 is 12.0 Å². The van der Waals surface area contributed by atoms with Crippen molar-refractivity contribution in [2.45, 2.75) is 12.5 Å². The summed E-state index contributed by atoms with van der Waals surface area (Å²) >= 11 is 2.07. The van der Waals surface area contributed by atoms with E-state index in [9.17, 15) is 4.79 Å². The zero-order chi connectivity index (χ0) is 9.68. The molecule has 0 radical (unpaired) electrons. The van der Waals surface area contributed by atoms with Gasteiger partial charge in [-0.2, -0.15) is 0 Å². The molecule has 0 saturated heterocycles. The molecule has 1 atom stereocenters. The number of nitrogens with one attached hydrogen (secondary N) is 2. The van der Waals surface area contributed by atoms with E-state index in [-0.39, 0.29) is 0 Å². The predicted molar refractivity (Wildman–Crippen MR) is 55.7 cm³/mol. The minimum absolute atomic E-state index is 0.405. The SMILES string of the molecule is O=C(O)C(Cc1c[nH]cn1)NCI. The molecule has 0 fully saturated rings. The molecule has 0 aliphatic rings. The molecule has 0 aliphatic heterocycles. The fourth-order valence-corrected chi connectivity index (χ4v) is 1.48. The maximum Gasteiger partial charge on any atom is 0.321 e. The van der Waals surface area contributed by atoms with Crippen LogP contribution in [-0.2, 0) is 11.2 Å². The van der Waals surface area contributed by atoms with Gasteiger partial charge in [-0.25, -0.2) is 4.98 Å². The summed E-state index contributed by atoms with van der Waals surface area (Å²) < 4.78 is 0.610. The van der Waals surface area contributed by atoms with Crippen LogP contribution in [0.1, 0.15) is 5.69 Å². The number of carbonyl (C=O) groups is 1. The first-order valence-electron chi connectivity index (χ1n) is 3.74. The van der Waals surface area contributed by atoms with Crippen molar-refractivity contribution in [3.8, 4) is 0 Å². The van der Waals surface area contributed by atoms with Gasteiger partial charge < -0.3 is 10.1 Å². The van der Waals surface area contributed by atoms with E-state index >= 15 is 0 Å². The highest BCUT2D eigenvalue weighted by molar-refractivity contribution is 14.1. The third-order valence-corrected chi connectivity index (χ3v) is 2.03. The van der Waals surface area contributed by atoms with Gasteiger partial charge in [0.1, 0.15) is 6.04 Å². The number of halogens is 1. The number of rotatable bonds is 5. The summed E-state index contributed by atoms with van der Waals surface area (Å²) in [7, 11) is 0. The predicted octanol–water partition coefficient (Wildman–Crippen LogP) is 0.388. The fraction of sp³-hybridized carbons (Fsp3) is 0.429. The van der Waals surface area contributed by atoms with E-state index in [0.29, 0.717) is 11.0 Å². The average molecular weight is 295 g/mol. The molecule has 72 valence electrons. The number of carboxylic acids is 1. The quantitative estimate of drug-likeness (QED) is 0.417. The summed E-state index contributed by atoms with van der Waals surface area (Å²) in [5, 5.41) is 11.7. The fourth-order valence-electron chi connectivity index (χ4n) is 0.952. The van der Waals surface area contributed by atoms with Crippen molar-refractivity contribution < 1.29 is 9.90 Å². The Labute approximate surface area is 89.1 Å². The molecule has 1 unspecified atom stereocenters. The van der Waals surface area contributed by atoms with Gasteiger partial charge in [-0.1, -0.05) is 22.6 Å². The van der Waals surface area contributed by atoms with Crippen molar-refractivity contribution in [2.75, 3.05) is 4.55 Å². The highest BCUT2D eigenvalue weighted by Gasteiger charge is 2.17. The Morgan fingerprint density at radius 3 is 3.08 bits per heavy atom. The lowest BCUT2D eigenvalue weighted by molar-refractivity contribution is -0.139. The Bertz CT molecular complexity index is 263. The first-order chi connectivity index (χ1) is 6.24. The number of hydrogen-bond acceptors (Lipinski definition) is 3. The van der Waals surface area contributed by atoms with Crippen LogP contribution in [-0.4, -0.2) is 31.6 Å². The van der Waals surface area contributed by atoms with Crippen LogP contribution in [0.5, 0.6) is 0 Å². The molecule has 0 aliphatic carbocycles. The summed E-state index contributed by atoms with van der Waals surface area (Å²) in [6.45, 7) is 0. The van der Waals surface area contributed by atoms with Crippen LogP contribution >= 0.6 is 22.6 Å². The van der Waals surface area contributed by atoms with E-state index in [2.05, 4.69) is 37.9 Å². The molecule has 0 amide bonds. The lowest BCUT2D eigenvalue weighted by atomic mass is 10.2. The number of aliphatic carboxylic acids is 1. The molecule has 5 nitrogen and oxygen atoms in total. The number of carboxylic acid groups (broad SMARTS) is 1. The molecule has 0 saturated carbocycles. The van der Waals surface area contributed by atoms with Gasteiger partial charge in [-0.15, -0.1) is 0 Å². The topological polar surface area (TPSA) is 78.0 Å². The standard InChI is InChI=1S/C7H10IN3O2/c8-3-10-6(7(12)13)1-5-2-9-4-11-5/h2,4,6,10H,1,3H2,(H,9,11)(H,12,13). The second-order valence-electron chi connectivity index (χ2n) is 2.49. The Hall–Kier alpha value is -0.630. The molecule has 1 heterocycles. The second kappa shape index (κ2) is 5.18. The van der Waals surface area contributed by atoms with Gasteiger partial charge in [0.2, 0.25) is 0 Å². The van der Waals surface area contributed by atoms with Gasteiger partial charge in [0.25, 0.3) is 0 Å². The van der Waals surface area contributed by atoms with Crippen molar-refractivity contribution in [3.63, 3.8) is 0 Å². The summed E-state index contributed by atoms with van der Waals surface area (Å²) in [5.74, 6) is -0.848. The van der Waals surface area contributed by atoms with Crippen LogP contribution in [0.15, 0.2) is 12.5 Å². The highest BCUT2D eigenvalue weighted by atomic mass is 127. The van der Waals surface area contributed by atoms with Crippen LogP contribution in [0.25, 0.3) is 0 Å². The maximum absolute atomic E-state index is 10.7. The average Bonchev–Trinajstić information content (AvgIpc) is 2.56. The highest BCUT2D eigenvalue weighted by Crippen LogP contribution is 1.99. The molecular formula is C7H10IN3O2. The number of imidazole rings is 1. The van der Waals surface area contributed by atoms with Crippen molar-refractivity contribution in [3.05, 3.63) is 18.2 Å². The van der Waals surface area contributed by atoms with Crippen molar-refractivity contribution >= 4 is 28.6 Å². The van der Waals surface area contributed by atoms with Gasteiger partial charge in [-0.3, -0.25) is 10.1 Å². The van der Waals surface area contributed by atoms with E-state index in [0.717, 1.165) is 5.69 Å². The number of nitrogens with zero attached hydrogens (tertiary/aromatic N) is 1. The summed E-state index contributed by atoms with van der Waals surface area (Å²) in [4.78, 5) is 17.5. The monoisotopic (exact) mass is 295 g/mol. The molecule has 1 rings (SSSR count). The summed E-state index contributed by atoms with van der Waals surface area (Å²) in [6, 6.07) is -0.555. The zero-order valence-electron chi connectivity index (χ0n) is 6.83. The van der Waals surface area contributed by atoms with Crippen molar-refractivity contribution in [2.24, 2.45) is 0 Å². The first-order valence-corrected chi connectivity index (χ1v) is 5.26. The van der Waals surface area contributed by atoms with Gasteiger partial charge in [0.05, 0.1) is 12.0 Å².